The first kappa shape index (κ1) is 20.8. The van der Waals surface area contributed by atoms with Crippen molar-refractivity contribution in [3.63, 3.8) is 0 Å². The van der Waals surface area contributed by atoms with Gasteiger partial charge in [-0.3, -0.25) is 19.3 Å². The molecule has 2 aliphatic heterocycles. The first-order valence-corrected chi connectivity index (χ1v) is 10.8. The number of carbonyl (C=O) groups is 3. The molecular formula is C25H27N3O3. The highest BCUT2D eigenvalue weighted by Crippen LogP contribution is 2.38. The molecule has 0 unspecified atom stereocenters. The Bertz CT molecular complexity index is 1060. The van der Waals surface area contributed by atoms with Gasteiger partial charge >= 0.3 is 0 Å². The number of amides is 3. The van der Waals surface area contributed by atoms with Gasteiger partial charge in [-0.1, -0.05) is 43.7 Å². The van der Waals surface area contributed by atoms with Gasteiger partial charge in [0.25, 0.3) is 11.8 Å². The number of anilines is 2. The Kier molecular flexibility index (Phi) is 5.89. The molecule has 3 amide bonds. The molecular weight excluding hydrogens is 390 g/mol. The van der Waals surface area contributed by atoms with E-state index in [2.05, 4.69) is 11.4 Å². The van der Waals surface area contributed by atoms with Gasteiger partial charge in [0.2, 0.25) is 5.91 Å². The Hall–Kier alpha value is -3.41. The smallest absolute Gasteiger partial charge is 0.278 e. The van der Waals surface area contributed by atoms with Crippen molar-refractivity contribution in [1.82, 2.24) is 4.90 Å². The van der Waals surface area contributed by atoms with E-state index in [9.17, 15) is 14.4 Å². The second kappa shape index (κ2) is 8.76. The Labute approximate surface area is 182 Å². The van der Waals surface area contributed by atoms with E-state index in [4.69, 9.17) is 0 Å². The topological polar surface area (TPSA) is 69.7 Å². The van der Waals surface area contributed by atoms with Crippen LogP contribution < -0.4 is 10.2 Å². The number of rotatable bonds is 6. The molecule has 0 saturated carbocycles. The van der Waals surface area contributed by atoms with Gasteiger partial charge in [-0.25, -0.2) is 0 Å². The predicted octanol–water partition coefficient (Wildman–Crippen LogP) is 3.98. The van der Waals surface area contributed by atoms with E-state index in [1.165, 1.54) is 17.4 Å². The molecule has 6 heteroatoms. The zero-order valence-corrected chi connectivity index (χ0v) is 18.0. The first-order valence-electron chi connectivity index (χ1n) is 10.8. The molecule has 2 aromatic carbocycles. The molecule has 0 saturated heterocycles. The second-order valence-electron chi connectivity index (χ2n) is 7.98. The molecule has 0 fully saturated rings. The van der Waals surface area contributed by atoms with Crippen LogP contribution >= 0.6 is 0 Å². The third-order valence-corrected chi connectivity index (χ3v) is 5.75. The first-order chi connectivity index (χ1) is 15.0. The van der Waals surface area contributed by atoms with Crippen molar-refractivity contribution < 1.29 is 14.4 Å². The molecule has 2 aromatic rings. The van der Waals surface area contributed by atoms with Crippen LogP contribution in [0.3, 0.4) is 0 Å². The molecule has 0 atom stereocenters. The van der Waals surface area contributed by atoms with Gasteiger partial charge in [0.15, 0.2) is 0 Å². The van der Waals surface area contributed by atoms with E-state index >= 15 is 0 Å². The Morgan fingerprint density at radius 2 is 1.77 bits per heavy atom. The number of fused-ring (bicyclic) bond motifs is 1. The summed E-state index contributed by atoms with van der Waals surface area (Å²) in [6.07, 6.45) is 3.56. The molecule has 4 rings (SSSR count). The highest BCUT2D eigenvalue weighted by molar-refractivity contribution is 6.36. The lowest BCUT2D eigenvalue weighted by Crippen LogP contribution is -2.37. The highest BCUT2D eigenvalue weighted by Gasteiger charge is 2.42. The van der Waals surface area contributed by atoms with E-state index in [0.29, 0.717) is 35.6 Å². The maximum Gasteiger partial charge on any atom is 0.278 e. The molecule has 0 bridgehead atoms. The fourth-order valence-electron chi connectivity index (χ4n) is 4.28. The summed E-state index contributed by atoms with van der Waals surface area (Å²) >= 11 is 0. The number of nitrogens with one attached hydrogen (secondary N) is 1. The van der Waals surface area contributed by atoms with Crippen LogP contribution in [-0.4, -0.2) is 35.7 Å². The molecule has 6 nitrogen and oxygen atoms in total. The van der Waals surface area contributed by atoms with Crippen LogP contribution in [0, 0.1) is 0 Å². The van der Waals surface area contributed by atoms with Crippen molar-refractivity contribution in [3.8, 4) is 0 Å². The predicted molar refractivity (Wildman–Crippen MR) is 121 cm³/mol. The lowest BCUT2D eigenvalue weighted by atomic mass is 9.98. The maximum atomic E-state index is 13.5. The van der Waals surface area contributed by atoms with Gasteiger partial charge in [0.1, 0.15) is 5.70 Å². The summed E-state index contributed by atoms with van der Waals surface area (Å²) in [4.78, 5) is 41.6. The number of hydrogen-bond acceptors (Lipinski definition) is 4. The summed E-state index contributed by atoms with van der Waals surface area (Å²) in [5, 5.41) is 2.74. The Morgan fingerprint density at radius 1 is 1.03 bits per heavy atom. The number of para-hydroxylation sites is 1. The minimum Gasteiger partial charge on any atom is -0.336 e. The Balaban J connectivity index is 1.80. The zero-order valence-electron chi connectivity index (χ0n) is 18.0. The van der Waals surface area contributed by atoms with Gasteiger partial charge in [0.05, 0.1) is 5.57 Å². The third kappa shape index (κ3) is 3.98. The summed E-state index contributed by atoms with van der Waals surface area (Å²) in [5.41, 5.74) is 4.42. The van der Waals surface area contributed by atoms with Gasteiger partial charge in [0, 0.05) is 31.4 Å². The number of aryl methyl sites for hydroxylation is 1. The van der Waals surface area contributed by atoms with Gasteiger partial charge < -0.3 is 10.2 Å². The van der Waals surface area contributed by atoms with Gasteiger partial charge in [-0.05, 0) is 48.6 Å². The average molecular weight is 418 g/mol. The summed E-state index contributed by atoms with van der Waals surface area (Å²) in [6, 6.07) is 15.2. The number of benzene rings is 2. The number of carbonyl (C=O) groups excluding carboxylic acids is 3. The number of unbranched alkanes of at least 4 members (excludes halogenated alkanes) is 1. The molecule has 1 N–H and O–H groups in total. The Morgan fingerprint density at radius 3 is 2.48 bits per heavy atom. The summed E-state index contributed by atoms with van der Waals surface area (Å²) < 4.78 is 0. The number of hydrogen-bond donors (Lipinski definition) is 1. The van der Waals surface area contributed by atoms with Crippen molar-refractivity contribution in [2.45, 2.75) is 39.5 Å². The van der Waals surface area contributed by atoms with Gasteiger partial charge in [-0.2, -0.15) is 0 Å². The van der Waals surface area contributed by atoms with E-state index in [1.807, 2.05) is 30.0 Å². The molecule has 0 aromatic heterocycles. The lowest BCUT2D eigenvalue weighted by Gasteiger charge is -2.32. The van der Waals surface area contributed by atoms with E-state index in [1.54, 1.807) is 24.3 Å². The average Bonchev–Trinajstić information content (AvgIpc) is 3.01. The summed E-state index contributed by atoms with van der Waals surface area (Å²) in [5.74, 6) is -0.629. The molecule has 31 heavy (non-hydrogen) atoms. The third-order valence-electron chi connectivity index (χ3n) is 5.75. The minimum atomic E-state index is -0.246. The normalized spacial score (nSPS) is 16.1. The SMILES string of the molecule is CCCCN1C(=O)C(c2ccc(NC(C)=O)cc2)=C(N2CCCc3ccccc32)C1=O. The number of nitrogens with zero attached hydrogens (tertiary/aromatic N) is 2. The maximum absolute atomic E-state index is 13.5. The van der Waals surface area contributed by atoms with Crippen LogP contribution in [0.2, 0.25) is 0 Å². The zero-order chi connectivity index (χ0) is 22.0. The quantitative estimate of drug-likeness (QED) is 0.722. The molecule has 2 heterocycles. The van der Waals surface area contributed by atoms with E-state index in [-0.39, 0.29) is 17.7 Å². The van der Waals surface area contributed by atoms with Crippen LogP contribution in [0.15, 0.2) is 54.2 Å². The van der Waals surface area contributed by atoms with Crippen LogP contribution in [0.4, 0.5) is 11.4 Å². The lowest BCUT2D eigenvalue weighted by molar-refractivity contribution is -0.137. The van der Waals surface area contributed by atoms with Crippen molar-refractivity contribution in [1.29, 1.82) is 0 Å². The molecule has 2 aliphatic rings. The van der Waals surface area contributed by atoms with Crippen molar-refractivity contribution in [3.05, 3.63) is 65.4 Å². The largest absolute Gasteiger partial charge is 0.336 e. The van der Waals surface area contributed by atoms with Crippen molar-refractivity contribution >= 4 is 34.7 Å². The summed E-state index contributed by atoms with van der Waals surface area (Å²) in [6.45, 7) is 4.61. The second-order valence-corrected chi connectivity index (χ2v) is 7.98. The fourth-order valence-corrected chi connectivity index (χ4v) is 4.28. The molecule has 160 valence electrons. The van der Waals surface area contributed by atoms with Crippen LogP contribution in [0.5, 0.6) is 0 Å². The molecule has 0 radical (unpaired) electrons. The minimum absolute atomic E-state index is 0.157. The van der Waals surface area contributed by atoms with E-state index < -0.39 is 0 Å². The molecule has 0 spiro atoms. The number of imide groups is 1. The van der Waals surface area contributed by atoms with Crippen molar-refractivity contribution in [2.24, 2.45) is 0 Å². The summed E-state index contributed by atoms with van der Waals surface area (Å²) in [7, 11) is 0. The standard InChI is InChI=1S/C25H27N3O3/c1-3-4-15-28-24(30)22(19-11-13-20(14-12-19)26-17(2)29)23(25(28)31)27-16-7-9-18-8-5-6-10-21(18)27/h5-6,8,10-14H,3-4,7,9,15-16H2,1-2H3,(H,26,29). The van der Waals surface area contributed by atoms with Crippen molar-refractivity contribution in [2.75, 3.05) is 23.3 Å². The monoisotopic (exact) mass is 417 g/mol. The fraction of sp³-hybridized carbons (Fsp3) is 0.320. The molecule has 0 aliphatic carbocycles. The van der Waals surface area contributed by atoms with Crippen LogP contribution in [0.25, 0.3) is 5.57 Å². The van der Waals surface area contributed by atoms with Crippen LogP contribution in [0.1, 0.15) is 44.2 Å². The van der Waals surface area contributed by atoms with E-state index in [0.717, 1.165) is 31.4 Å². The van der Waals surface area contributed by atoms with Crippen LogP contribution in [-0.2, 0) is 20.8 Å². The van der Waals surface area contributed by atoms with Gasteiger partial charge in [-0.15, -0.1) is 0 Å². The highest BCUT2D eigenvalue weighted by atomic mass is 16.2.